The molecule has 0 N–H and O–H groups in total. The van der Waals surface area contributed by atoms with E-state index in [0.29, 0.717) is 22.8 Å². The SMILES string of the molecule is COc1ccc2cc(C(F)(F)F)ccc2c1C=O. The molecule has 0 saturated heterocycles. The van der Waals surface area contributed by atoms with Crippen molar-refractivity contribution in [1.29, 1.82) is 0 Å². The molecule has 5 heteroatoms. The van der Waals surface area contributed by atoms with E-state index in [-0.39, 0.29) is 5.56 Å². The largest absolute Gasteiger partial charge is 0.496 e. The van der Waals surface area contributed by atoms with Crippen molar-refractivity contribution in [3.8, 4) is 5.75 Å². The van der Waals surface area contributed by atoms with Gasteiger partial charge in [-0.2, -0.15) is 13.2 Å². The summed E-state index contributed by atoms with van der Waals surface area (Å²) in [5.41, 5.74) is -0.485. The van der Waals surface area contributed by atoms with E-state index < -0.39 is 11.7 Å². The van der Waals surface area contributed by atoms with Crippen molar-refractivity contribution < 1.29 is 22.7 Å². The number of methoxy groups -OCH3 is 1. The topological polar surface area (TPSA) is 26.3 Å². The minimum Gasteiger partial charge on any atom is -0.496 e. The average molecular weight is 254 g/mol. The Morgan fingerprint density at radius 1 is 1.17 bits per heavy atom. The Morgan fingerprint density at radius 3 is 2.44 bits per heavy atom. The van der Waals surface area contributed by atoms with Crippen LogP contribution >= 0.6 is 0 Å². The summed E-state index contributed by atoms with van der Waals surface area (Å²) in [6.07, 6.45) is -3.82. The second kappa shape index (κ2) is 4.33. The molecule has 2 rings (SSSR count). The normalized spacial score (nSPS) is 11.6. The van der Waals surface area contributed by atoms with Gasteiger partial charge in [-0.1, -0.05) is 12.1 Å². The molecule has 2 aromatic carbocycles. The Hall–Kier alpha value is -2.04. The van der Waals surface area contributed by atoms with Crippen LogP contribution in [0.5, 0.6) is 5.75 Å². The van der Waals surface area contributed by atoms with Gasteiger partial charge in [0.15, 0.2) is 6.29 Å². The fourth-order valence-electron chi connectivity index (χ4n) is 1.81. The van der Waals surface area contributed by atoms with E-state index in [1.165, 1.54) is 25.3 Å². The summed E-state index contributed by atoms with van der Waals surface area (Å²) < 4.78 is 42.6. The molecule has 0 aromatic heterocycles. The number of halogens is 3. The van der Waals surface area contributed by atoms with E-state index in [2.05, 4.69) is 0 Å². The van der Waals surface area contributed by atoms with Crippen molar-refractivity contribution in [2.24, 2.45) is 0 Å². The van der Waals surface area contributed by atoms with Gasteiger partial charge >= 0.3 is 6.18 Å². The minimum atomic E-state index is -4.39. The standard InChI is InChI=1S/C13H9F3O2/c1-18-12-5-2-8-6-9(13(14,15)16)3-4-10(8)11(12)7-17/h2-7H,1H3. The predicted octanol–water partition coefficient (Wildman–Crippen LogP) is 3.68. The summed E-state index contributed by atoms with van der Waals surface area (Å²) in [7, 11) is 1.40. The molecule has 0 atom stereocenters. The van der Waals surface area contributed by atoms with Gasteiger partial charge in [0.25, 0.3) is 0 Å². The molecular weight excluding hydrogens is 245 g/mol. The van der Waals surface area contributed by atoms with Crippen molar-refractivity contribution in [3.05, 3.63) is 41.5 Å². The third kappa shape index (κ3) is 2.03. The van der Waals surface area contributed by atoms with Crippen LogP contribution < -0.4 is 4.74 Å². The summed E-state index contributed by atoms with van der Waals surface area (Å²) in [5, 5.41) is 0.796. The molecule has 0 bridgehead atoms. The number of rotatable bonds is 2. The van der Waals surface area contributed by atoms with Crippen LogP contribution in [0.3, 0.4) is 0 Å². The number of carbonyl (C=O) groups excluding carboxylic acids is 1. The van der Waals surface area contributed by atoms with Crippen molar-refractivity contribution in [2.45, 2.75) is 6.18 Å². The maximum absolute atomic E-state index is 12.5. The molecule has 0 heterocycles. The smallest absolute Gasteiger partial charge is 0.416 e. The van der Waals surface area contributed by atoms with E-state index in [4.69, 9.17) is 4.74 Å². The molecule has 0 aliphatic rings. The first kappa shape index (κ1) is 12.4. The zero-order chi connectivity index (χ0) is 13.3. The fourth-order valence-corrected chi connectivity index (χ4v) is 1.81. The highest BCUT2D eigenvalue weighted by atomic mass is 19.4. The van der Waals surface area contributed by atoms with Crippen molar-refractivity contribution in [3.63, 3.8) is 0 Å². The van der Waals surface area contributed by atoms with Gasteiger partial charge in [0.2, 0.25) is 0 Å². The third-order valence-electron chi connectivity index (χ3n) is 2.69. The van der Waals surface area contributed by atoms with Gasteiger partial charge in [-0.25, -0.2) is 0 Å². The van der Waals surface area contributed by atoms with Crippen LogP contribution in [0, 0.1) is 0 Å². The number of fused-ring (bicyclic) bond motifs is 1. The molecule has 0 aliphatic heterocycles. The second-order valence-electron chi connectivity index (χ2n) is 3.73. The maximum atomic E-state index is 12.5. The summed E-state index contributed by atoms with van der Waals surface area (Å²) in [4.78, 5) is 11.0. The summed E-state index contributed by atoms with van der Waals surface area (Å²) in [5.74, 6) is 0.345. The van der Waals surface area contributed by atoms with Gasteiger partial charge in [-0.05, 0) is 29.0 Å². The summed E-state index contributed by atoms with van der Waals surface area (Å²) >= 11 is 0. The average Bonchev–Trinajstić information content (AvgIpc) is 2.35. The van der Waals surface area contributed by atoms with Gasteiger partial charge < -0.3 is 4.74 Å². The molecule has 2 aromatic rings. The van der Waals surface area contributed by atoms with E-state index in [1.807, 2.05) is 0 Å². The molecule has 0 aliphatic carbocycles. The maximum Gasteiger partial charge on any atom is 0.416 e. The molecular formula is C13H9F3O2. The van der Waals surface area contributed by atoms with Crippen LogP contribution in [0.15, 0.2) is 30.3 Å². The molecule has 2 nitrogen and oxygen atoms in total. The number of aldehydes is 1. The van der Waals surface area contributed by atoms with E-state index in [9.17, 15) is 18.0 Å². The molecule has 0 saturated carbocycles. The van der Waals surface area contributed by atoms with Crippen LogP contribution in [0.4, 0.5) is 13.2 Å². The number of carbonyl (C=O) groups is 1. The second-order valence-corrected chi connectivity index (χ2v) is 3.73. The lowest BCUT2D eigenvalue weighted by atomic mass is 10.0. The number of alkyl halides is 3. The first-order chi connectivity index (χ1) is 8.47. The molecule has 94 valence electrons. The van der Waals surface area contributed by atoms with Crippen LogP contribution in [-0.2, 0) is 6.18 Å². The minimum absolute atomic E-state index is 0.253. The number of ether oxygens (including phenoxy) is 1. The third-order valence-corrected chi connectivity index (χ3v) is 2.69. The molecule has 0 radical (unpaired) electrons. The Bertz CT molecular complexity index is 603. The van der Waals surface area contributed by atoms with Gasteiger partial charge in [-0.3, -0.25) is 4.79 Å². The van der Waals surface area contributed by atoms with Crippen molar-refractivity contribution in [2.75, 3.05) is 7.11 Å². The highest BCUT2D eigenvalue weighted by molar-refractivity contribution is 6.01. The van der Waals surface area contributed by atoms with E-state index >= 15 is 0 Å². The van der Waals surface area contributed by atoms with Gasteiger partial charge in [0, 0.05) is 0 Å². The molecule has 0 spiro atoms. The number of hydrogen-bond donors (Lipinski definition) is 0. The zero-order valence-corrected chi connectivity index (χ0v) is 9.41. The molecule has 0 fully saturated rings. The highest BCUT2D eigenvalue weighted by Crippen LogP contribution is 2.33. The van der Waals surface area contributed by atoms with Gasteiger partial charge in [0.1, 0.15) is 5.75 Å². The van der Waals surface area contributed by atoms with Gasteiger partial charge in [0.05, 0.1) is 18.2 Å². The Balaban J connectivity index is 2.71. The van der Waals surface area contributed by atoms with Crippen LogP contribution in [0.2, 0.25) is 0 Å². The van der Waals surface area contributed by atoms with Crippen molar-refractivity contribution in [1.82, 2.24) is 0 Å². The monoisotopic (exact) mass is 254 g/mol. The van der Waals surface area contributed by atoms with Crippen LogP contribution in [0.1, 0.15) is 15.9 Å². The van der Waals surface area contributed by atoms with Crippen LogP contribution in [0.25, 0.3) is 10.8 Å². The Morgan fingerprint density at radius 2 is 1.89 bits per heavy atom. The molecule has 0 amide bonds. The Labute approximate surface area is 101 Å². The van der Waals surface area contributed by atoms with Crippen molar-refractivity contribution >= 4 is 17.1 Å². The first-order valence-electron chi connectivity index (χ1n) is 5.10. The van der Waals surface area contributed by atoms with E-state index in [1.54, 1.807) is 0 Å². The first-order valence-corrected chi connectivity index (χ1v) is 5.10. The van der Waals surface area contributed by atoms with E-state index in [0.717, 1.165) is 12.1 Å². The fraction of sp³-hybridized carbons (Fsp3) is 0.154. The zero-order valence-electron chi connectivity index (χ0n) is 9.41. The molecule has 18 heavy (non-hydrogen) atoms. The number of hydrogen-bond acceptors (Lipinski definition) is 2. The summed E-state index contributed by atoms with van der Waals surface area (Å²) in [6, 6.07) is 6.23. The highest BCUT2D eigenvalue weighted by Gasteiger charge is 2.30. The lowest BCUT2D eigenvalue weighted by Gasteiger charge is -2.10. The summed E-state index contributed by atoms with van der Waals surface area (Å²) in [6.45, 7) is 0. The lowest BCUT2D eigenvalue weighted by molar-refractivity contribution is -0.137. The predicted molar refractivity (Wildman–Crippen MR) is 60.9 cm³/mol. The Kier molecular flexibility index (Phi) is 2.98. The van der Waals surface area contributed by atoms with Gasteiger partial charge in [-0.15, -0.1) is 0 Å². The quantitative estimate of drug-likeness (QED) is 0.764. The van der Waals surface area contributed by atoms with Crippen LogP contribution in [-0.4, -0.2) is 13.4 Å². The molecule has 0 unspecified atom stereocenters. The lowest BCUT2D eigenvalue weighted by Crippen LogP contribution is -2.04. The number of benzene rings is 2.